The maximum atomic E-state index is 11.4. The first-order chi connectivity index (χ1) is 8.64. The zero-order valence-electron chi connectivity index (χ0n) is 9.87. The van der Waals surface area contributed by atoms with Crippen LogP contribution < -0.4 is 10.1 Å². The molecule has 0 fully saturated rings. The van der Waals surface area contributed by atoms with Gasteiger partial charge in [0.2, 0.25) is 0 Å². The summed E-state index contributed by atoms with van der Waals surface area (Å²) in [6.07, 6.45) is 2.59. The standard InChI is InChI=1S/C13H15NO3S/c15-18(16)8-6-10(9-18)14-12-5-7-17-13-4-2-1-3-11(12)13/h1-4,6,8,10,12,14H,5,7,9H2. The highest BCUT2D eigenvalue weighted by Crippen LogP contribution is 2.32. The minimum atomic E-state index is -3.00. The Kier molecular flexibility index (Phi) is 2.87. The summed E-state index contributed by atoms with van der Waals surface area (Å²) in [5.41, 5.74) is 1.11. The van der Waals surface area contributed by atoms with Gasteiger partial charge in [0.1, 0.15) is 5.75 Å². The monoisotopic (exact) mass is 265 g/mol. The van der Waals surface area contributed by atoms with E-state index in [1.165, 1.54) is 5.41 Å². The third-order valence-electron chi connectivity index (χ3n) is 3.30. The second-order valence-corrected chi connectivity index (χ2v) is 6.59. The average Bonchev–Trinajstić information content (AvgIpc) is 2.69. The Labute approximate surface area is 107 Å². The van der Waals surface area contributed by atoms with Crippen molar-refractivity contribution in [2.75, 3.05) is 12.4 Å². The minimum absolute atomic E-state index is 0.0915. The van der Waals surface area contributed by atoms with Gasteiger partial charge in [-0.05, 0) is 6.07 Å². The van der Waals surface area contributed by atoms with Gasteiger partial charge in [-0.2, -0.15) is 0 Å². The molecule has 2 heterocycles. The second-order valence-electron chi connectivity index (χ2n) is 4.66. The number of para-hydroxylation sites is 1. The Balaban J connectivity index is 1.78. The molecule has 0 amide bonds. The van der Waals surface area contributed by atoms with Gasteiger partial charge >= 0.3 is 0 Å². The fourth-order valence-corrected chi connectivity index (χ4v) is 3.70. The van der Waals surface area contributed by atoms with Crippen LogP contribution in [-0.4, -0.2) is 26.8 Å². The van der Waals surface area contributed by atoms with E-state index in [-0.39, 0.29) is 17.8 Å². The van der Waals surface area contributed by atoms with Crippen LogP contribution >= 0.6 is 0 Å². The van der Waals surface area contributed by atoms with Gasteiger partial charge in [-0.15, -0.1) is 0 Å². The Hall–Kier alpha value is -1.33. The Bertz CT molecular complexity index is 580. The molecule has 5 heteroatoms. The molecule has 96 valence electrons. The Morgan fingerprint density at radius 1 is 1.28 bits per heavy atom. The molecule has 3 rings (SSSR count). The quantitative estimate of drug-likeness (QED) is 0.878. The SMILES string of the molecule is O=S1(=O)C=CC(NC2CCOc3ccccc32)C1. The maximum absolute atomic E-state index is 11.4. The van der Waals surface area contributed by atoms with E-state index in [2.05, 4.69) is 5.32 Å². The number of rotatable bonds is 2. The first kappa shape index (κ1) is 11.7. The maximum Gasteiger partial charge on any atom is 0.173 e. The number of nitrogens with one attached hydrogen (secondary N) is 1. The molecule has 18 heavy (non-hydrogen) atoms. The van der Waals surface area contributed by atoms with E-state index in [1.807, 2.05) is 24.3 Å². The third kappa shape index (κ3) is 2.28. The molecule has 2 aliphatic heterocycles. The summed E-state index contributed by atoms with van der Waals surface area (Å²) in [6.45, 7) is 0.665. The minimum Gasteiger partial charge on any atom is -0.493 e. The molecule has 0 spiro atoms. The van der Waals surface area contributed by atoms with Gasteiger partial charge in [0.05, 0.1) is 12.4 Å². The summed E-state index contributed by atoms with van der Waals surface area (Å²) in [7, 11) is -3.00. The van der Waals surface area contributed by atoms with Gasteiger partial charge in [0.15, 0.2) is 9.84 Å². The summed E-state index contributed by atoms with van der Waals surface area (Å²) in [6, 6.07) is 7.97. The number of hydrogen-bond acceptors (Lipinski definition) is 4. The van der Waals surface area contributed by atoms with Crippen molar-refractivity contribution in [1.82, 2.24) is 5.32 Å². The van der Waals surface area contributed by atoms with Crippen molar-refractivity contribution in [3.05, 3.63) is 41.3 Å². The molecule has 0 aromatic heterocycles. The number of benzene rings is 1. The van der Waals surface area contributed by atoms with Gasteiger partial charge in [0, 0.05) is 29.5 Å². The normalized spacial score (nSPS) is 28.7. The van der Waals surface area contributed by atoms with Gasteiger partial charge in [0.25, 0.3) is 0 Å². The van der Waals surface area contributed by atoms with E-state index in [1.54, 1.807) is 6.08 Å². The summed E-state index contributed by atoms with van der Waals surface area (Å²) in [5.74, 6) is 1.05. The average molecular weight is 265 g/mol. The molecular weight excluding hydrogens is 250 g/mol. The highest BCUT2D eigenvalue weighted by Gasteiger charge is 2.27. The molecule has 0 saturated heterocycles. The smallest absolute Gasteiger partial charge is 0.173 e. The molecule has 0 bridgehead atoms. The predicted octanol–water partition coefficient (Wildman–Crippen LogP) is 1.41. The van der Waals surface area contributed by atoms with Crippen molar-refractivity contribution in [2.45, 2.75) is 18.5 Å². The van der Waals surface area contributed by atoms with E-state index < -0.39 is 9.84 Å². The van der Waals surface area contributed by atoms with Crippen LogP contribution in [0.15, 0.2) is 35.7 Å². The van der Waals surface area contributed by atoms with E-state index in [0.717, 1.165) is 17.7 Å². The van der Waals surface area contributed by atoms with Crippen LogP contribution in [0, 0.1) is 0 Å². The lowest BCUT2D eigenvalue weighted by Gasteiger charge is -2.28. The largest absolute Gasteiger partial charge is 0.493 e. The second kappa shape index (κ2) is 4.40. The zero-order valence-corrected chi connectivity index (χ0v) is 10.7. The van der Waals surface area contributed by atoms with Gasteiger partial charge < -0.3 is 10.1 Å². The summed E-state index contributed by atoms with van der Waals surface area (Å²) in [4.78, 5) is 0. The topological polar surface area (TPSA) is 55.4 Å². The third-order valence-corrected chi connectivity index (χ3v) is 4.70. The number of sulfone groups is 1. The predicted molar refractivity (Wildman–Crippen MR) is 69.1 cm³/mol. The van der Waals surface area contributed by atoms with Crippen molar-refractivity contribution >= 4 is 9.84 Å². The fourth-order valence-electron chi connectivity index (χ4n) is 2.45. The lowest BCUT2D eigenvalue weighted by atomic mass is 10.00. The molecular formula is C13H15NO3S. The molecule has 0 radical (unpaired) electrons. The first-order valence-corrected chi connectivity index (χ1v) is 7.74. The van der Waals surface area contributed by atoms with Crippen molar-refractivity contribution in [2.24, 2.45) is 0 Å². The van der Waals surface area contributed by atoms with Crippen LogP contribution in [0.3, 0.4) is 0 Å². The Morgan fingerprint density at radius 3 is 2.89 bits per heavy atom. The molecule has 2 atom stereocenters. The van der Waals surface area contributed by atoms with Crippen LogP contribution in [0.4, 0.5) is 0 Å². The van der Waals surface area contributed by atoms with E-state index in [9.17, 15) is 8.42 Å². The highest BCUT2D eigenvalue weighted by molar-refractivity contribution is 7.94. The van der Waals surface area contributed by atoms with Crippen molar-refractivity contribution in [3.63, 3.8) is 0 Å². The molecule has 2 aliphatic rings. The Morgan fingerprint density at radius 2 is 2.11 bits per heavy atom. The summed E-state index contributed by atoms with van der Waals surface area (Å²) < 4.78 is 28.3. The summed E-state index contributed by atoms with van der Waals surface area (Å²) >= 11 is 0. The van der Waals surface area contributed by atoms with Crippen LogP contribution in [0.25, 0.3) is 0 Å². The van der Waals surface area contributed by atoms with Crippen molar-refractivity contribution in [3.8, 4) is 5.75 Å². The molecule has 1 aromatic rings. The van der Waals surface area contributed by atoms with Crippen LogP contribution in [-0.2, 0) is 9.84 Å². The molecule has 2 unspecified atom stereocenters. The van der Waals surface area contributed by atoms with E-state index in [4.69, 9.17) is 4.74 Å². The van der Waals surface area contributed by atoms with Crippen LogP contribution in [0.5, 0.6) is 5.75 Å². The summed E-state index contributed by atoms with van der Waals surface area (Å²) in [5, 5.41) is 4.69. The van der Waals surface area contributed by atoms with Crippen molar-refractivity contribution < 1.29 is 13.2 Å². The molecule has 1 aromatic carbocycles. The van der Waals surface area contributed by atoms with Crippen LogP contribution in [0.2, 0.25) is 0 Å². The molecule has 0 saturated carbocycles. The van der Waals surface area contributed by atoms with Crippen molar-refractivity contribution in [1.29, 1.82) is 0 Å². The number of ether oxygens (including phenoxy) is 1. The lowest BCUT2D eigenvalue weighted by Crippen LogP contribution is -2.36. The fraction of sp³-hybridized carbons (Fsp3) is 0.385. The van der Waals surface area contributed by atoms with Gasteiger partial charge in [-0.3, -0.25) is 0 Å². The molecule has 1 N–H and O–H groups in total. The number of fused-ring (bicyclic) bond motifs is 1. The zero-order chi connectivity index (χ0) is 12.6. The van der Waals surface area contributed by atoms with E-state index >= 15 is 0 Å². The van der Waals surface area contributed by atoms with Gasteiger partial charge in [-0.1, -0.05) is 24.3 Å². The van der Waals surface area contributed by atoms with Crippen LogP contribution in [0.1, 0.15) is 18.0 Å². The highest BCUT2D eigenvalue weighted by atomic mass is 32.2. The van der Waals surface area contributed by atoms with E-state index in [0.29, 0.717) is 6.61 Å². The number of hydrogen-bond donors (Lipinski definition) is 1. The van der Waals surface area contributed by atoms with Gasteiger partial charge in [-0.25, -0.2) is 8.42 Å². The first-order valence-electron chi connectivity index (χ1n) is 6.03. The molecule has 0 aliphatic carbocycles. The lowest BCUT2D eigenvalue weighted by molar-refractivity contribution is 0.250. The molecule has 4 nitrogen and oxygen atoms in total.